The number of amides is 1. The van der Waals surface area contributed by atoms with Crippen LogP contribution in [0, 0.1) is 5.92 Å². The molecule has 1 fully saturated rings. The Morgan fingerprint density at radius 2 is 1.95 bits per heavy atom. The molecular formula is C13H17ClF2N2OS. The van der Waals surface area contributed by atoms with Crippen molar-refractivity contribution >= 4 is 30.1 Å². The second-order valence-corrected chi connectivity index (χ2v) is 5.68. The summed E-state index contributed by atoms with van der Waals surface area (Å²) in [4.78, 5) is 12.2. The maximum absolute atomic E-state index is 12.1. The molecule has 0 saturated heterocycles. The lowest BCUT2D eigenvalue weighted by Gasteiger charge is -2.11. The molecule has 1 aliphatic carbocycles. The second-order valence-electron chi connectivity index (χ2n) is 4.61. The molecule has 0 heterocycles. The van der Waals surface area contributed by atoms with Crippen molar-refractivity contribution in [3.8, 4) is 0 Å². The van der Waals surface area contributed by atoms with E-state index in [-0.39, 0.29) is 24.4 Å². The van der Waals surface area contributed by atoms with Crippen LogP contribution in [0.15, 0.2) is 29.2 Å². The van der Waals surface area contributed by atoms with E-state index in [1.807, 2.05) is 0 Å². The molecule has 0 radical (unpaired) electrons. The van der Waals surface area contributed by atoms with Crippen LogP contribution in [0.2, 0.25) is 0 Å². The Hall–Kier alpha value is -0.850. The normalized spacial score (nSPS) is 15.6. The fourth-order valence-electron chi connectivity index (χ4n) is 1.79. The summed E-state index contributed by atoms with van der Waals surface area (Å²) in [7, 11) is 0. The third kappa shape index (κ3) is 5.26. The molecule has 112 valence electrons. The molecule has 0 aliphatic heterocycles. The van der Waals surface area contributed by atoms with Gasteiger partial charge in [0.2, 0.25) is 0 Å². The van der Waals surface area contributed by atoms with E-state index >= 15 is 0 Å². The highest BCUT2D eigenvalue weighted by Gasteiger charge is 2.28. The summed E-state index contributed by atoms with van der Waals surface area (Å²) < 4.78 is 24.3. The van der Waals surface area contributed by atoms with Gasteiger partial charge in [-0.2, -0.15) is 8.78 Å². The number of carbonyl (C=O) groups excluding carboxylic acids is 1. The first kappa shape index (κ1) is 17.2. The lowest BCUT2D eigenvalue weighted by Crippen LogP contribution is -2.38. The minimum absolute atomic E-state index is 0. The van der Waals surface area contributed by atoms with Crippen LogP contribution in [-0.2, 0) is 0 Å². The maximum Gasteiger partial charge on any atom is 0.288 e. The number of nitrogens with one attached hydrogen (secondary N) is 1. The average Bonchev–Trinajstić information content (AvgIpc) is 3.20. The maximum atomic E-state index is 12.1. The first-order chi connectivity index (χ1) is 9.06. The molecule has 0 aromatic heterocycles. The molecule has 0 spiro atoms. The third-order valence-electron chi connectivity index (χ3n) is 3.07. The Morgan fingerprint density at radius 1 is 1.35 bits per heavy atom. The number of hydrogen-bond acceptors (Lipinski definition) is 3. The van der Waals surface area contributed by atoms with Crippen LogP contribution in [0.3, 0.4) is 0 Å². The fourth-order valence-corrected chi connectivity index (χ4v) is 2.29. The van der Waals surface area contributed by atoms with E-state index in [0.29, 0.717) is 34.7 Å². The van der Waals surface area contributed by atoms with Crippen molar-refractivity contribution in [2.75, 3.05) is 6.54 Å². The van der Waals surface area contributed by atoms with Crippen LogP contribution in [0.5, 0.6) is 0 Å². The summed E-state index contributed by atoms with van der Waals surface area (Å²) in [6.45, 7) is 0.455. The van der Waals surface area contributed by atoms with Crippen molar-refractivity contribution in [2.45, 2.75) is 29.5 Å². The van der Waals surface area contributed by atoms with Crippen molar-refractivity contribution < 1.29 is 13.6 Å². The highest BCUT2D eigenvalue weighted by Crippen LogP contribution is 2.31. The Bertz CT molecular complexity index is 441. The highest BCUT2D eigenvalue weighted by molar-refractivity contribution is 7.99. The first-order valence-electron chi connectivity index (χ1n) is 6.15. The van der Waals surface area contributed by atoms with Gasteiger partial charge in [0.1, 0.15) is 0 Å². The van der Waals surface area contributed by atoms with Gasteiger partial charge in [-0.1, -0.05) is 11.8 Å². The number of hydrogen-bond donors (Lipinski definition) is 2. The minimum Gasteiger partial charge on any atom is -0.350 e. The summed E-state index contributed by atoms with van der Waals surface area (Å²) in [6, 6.07) is 6.14. The quantitative estimate of drug-likeness (QED) is 0.792. The molecule has 3 nitrogen and oxygen atoms in total. The summed E-state index contributed by atoms with van der Waals surface area (Å²) >= 11 is 0.464. The second kappa shape index (κ2) is 7.81. The number of nitrogens with two attached hydrogens (primary N) is 1. The molecule has 1 aromatic carbocycles. The number of rotatable bonds is 6. The summed E-state index contributed by atoms with van der Waals surface area (Å²) in [5, 5.41) is 2.76. The van der Waals surface area contributed by atoms with Gasteiger partial charge in [0.15, 0.2) is 0 Å². The molecule has 2 rings (SSSR count). The Kier molecular flexibility index (Phi) is 6.71. The van der Waals surface area contributed by atoms with E-state index < -0.39 is 5.76 Å². The van der Waals surface area contributed by atoms with Crippen molar-refractivity contribution in [1.82, 2.24) is 5.32 Å². The number of alkyl halides is 2. The van der Waals surface area contributed by atoms with E-state index in [2.05, 4.69) is 5.32 Å². The molecule has 3 N–H and O–H groups in total. The summed E-state index contributed by atoms with van der Waals surface area (Å²) in [6.07, 6.45) is 2.27. The molecule has 1 amide bonds. The molecule has 1 aliphatic rings. The van der Waals surface area contributed by atoms with Gasteiger partial charge in [-0.05, 0) is 43.0 Å². The lowest BCUT2D eigenvalue weighted by atomic mass is 10.2. The summed E-state index contributed by atoms with van der Waals surface area (Å²) in [5.74, 6) is -2.13. The number of benzene rings is 1. The Morgan fingerprint density at radius 3 is 2.45 bits per heavy atom. The van der Waals surface area contributed by atoms with Crippen LogP contribution in [0.4, 0.5) is 8.78 Å². The van der Waals surface area contributed by atoms with Gasteiger partial charge in [0.05, 0.1) is 0 Å². The monoisotopic (exact) mass is 322 g/mol. The van der Waals surface area contributed by atoms with Gasteiger partial charge in [-0.25, -0.2) is 0 Å². The Labute approximate surface area is 127 Å². The predicted octanol–water partition coefficient (Wildman–Crippen LogP) is 2.89. The van der Waals surface area contributed by atoms with Crippen molar-refractivity contribution in [1.29, 1.82) is 0 Å². The zero-order valence-corrected chi connectivity index (χ0v) is 12.4. The van der Waals surface area contributed by atoms with E-state index in [4.69, 9.17) is 5.73 Å². The molecule has 1 aromatic rings. The Balaban J connectivity index is 0.00000200. The standard InChI is InChI=1S/C13H16F2N2OS.ClH/c14-13(15)19-10-5-3-9(4-6-10)12(18)17-7-11(16)8-1-2-8;/h3-6,8,11,13H,1-2,7,16H2,(H,17,18);1H. The smallest absolute Gasteiger partial charge is 0.288 e. The van der Waals surface area contributed by atoms with Gasteiger partial charge < -0.3 is 11.1 Å². The van der Waals surface area contributed by atoms with Crippen LogP contribution in [-0.4, -0.2) is 24.3 Å². The largest absolute Gasteiger partial charge is 0.350 e. The van der Waals surface area contributed by atoms with Crippen molar-refractivity contribution in [2.24, 2.45) is 11.7 Å². The van der Waals surface area contributed by atoms with Crippen molar-refractivity contribution in [3.63, 3.8) is 0 Å². The van der Waals surface area contributed by atoms with Gasteiger partial charge in [0.25, 0.3) is 11.7 Å². The number of thioether (sulfide) groups is 1. The van der Waals surface area contributed by atoms with E-state index in [1.165, 1.54) is 12.1 Å². The zero-order valence-electron chi connectivity index (χ0n) is 10.7. The number of halogens is 3. The van der Waals surface area contributed by atoms with E-state index in [9.17, 15) is 13.6 Å². The SMILES string of the molecule is Cl.NC(CNC(=O)c1ccc(SC(F)F)cc1)C1CC1. The fraction of sp³-hybridized carbons (Fsp3) is 0.462. The molecule has 1 unspecified atom stereocenters. The zero-order chi connectivity index (χ0) is 13.8. The van der Waals surface area contributed by atoms with Gasteiger partial charge >= 0.3 is 0 Å². The first-order valence-corrected chi connectivity index (χ1v) is 7.03. The molecule has 1 atom stereocenters. The molecule has 7 heteroatoms. The molecule has 1 saturated carbocycles. The van der Waals surface area contributed by atoms with E-state index in [1.54, 1.807) is 12.1 Å². The molecular weight excluding hydrogens is 306 g/mol. The lowest BCUT2D eigenvalue weighted by molar-refractivity contribution is 0.0950. The number of carbonyl (C=O) groups is 1. The van der Waals surface area contributed by atoms with Crippen LogP contribution in [0.1, 0.15) is 23.2 Å². The van der Waals surface area contributed by atoms with Crippen LogP contribution >= 0.6 is 24.2 Å². The van der Waals surface area contributed by atoms with Gasteiger partial charge in [-0.15, -0.1) is 12.4 Å². The van der Waals surface area contributed by atoms with Crippen molar-refractivity contribution in [3.05, 3.63) is 29.8 Å². The third-order valence-corrected chi connectivity index (χ3v) is 3.79. The van der Waals surface area contributed by atoms with Gasteiger partial charge in [0, 0.05) is 23.0 Å². The topological polar surface area (TPSA) is 55.1 Å². The highest BCUT2D eigenvalue weighted by atomic mass is 35.5. The van der Waals surface area contributed by atoms with E-state index in [0.717, 1.165) is 12.8 Å². The minimum atomic E-state index is -2.45. The van der Waals surface area contributed by atoms with Crippen LogP contribution < -0.4 is 11.1 Å². The summed E-state index contributed by atoms with van der Waals surface area (Å²) in [5.41, 5.74) is 6.34. The van der Waals surface area contributed by atoms with Gasteiger partial charge in [-0.3, -0.25) is 4.79 Å². The van der Waals surface area contributed by atoms with Crippen LogP contribution in [0.25, 0.3) is 0 Å². The molecule has 0 bridgehead atoms. The average molecular weight is 323 g/mol. The molecule has 20 heavy (non-hydrogen) atoms. The predicted molar refractivity (Wildman–Crippen MR) is 78.6 cm³/mol.